The quantitative estimate of drug-likeness (QED) is 0.452. The number of aromatic nitrogens is 1. The van der Waals surface area contributed by atoms with Crippen LogP contribution in [-0.2, 0) is 11.2 Å². The molecule has 31 heavy (non-hydrogen) atoms. The van der Waals surface area contributed by atoms with Gasteiger partial charge in [0.05, 0.1) is 11.4 Å². The van der Waals surface area contributed by atoms with Crippen LogP contribution in [0.15, 0.2) is 48.7 Å². The summed E-state index contributed by atoms with van der Waals surface area (Å²) in [6.45, 7) is 4.00. The molecule has 1 aromatic carbocycles. The Kier molecular flexibility index (Phi) is 5.86. The van der Waals surface area contributed by atoms with Crippen LogP contribution in [0.25, 0.3) is 16.5 Å². The molecule has 0 saturated heterocycles. The number of ketones is 1. The van der Waals surface area contributed by atoms with Crippen LogP contribution in [0, 0.1) is 6.92 Å². The van der Waals surface area contributed by atoms with Gasteiger partial charge in [-0.25, -0.2) is 4.98 Å². The number of nitrogens with zero attached hydrogens (tertiary/aromatic N) is 1. The first kappa shape index (κ1) is 20.8. The number of hydrogen-bond acceptors (Lipinski definition) is 6. The number of Topliss-reactive ketones (excluding diaryl/α,β-unsaturated/α-hetero) is 1. The summed E-state index contributed by atoms with van der Waals surface area (Å²) in [6.07, 6.45) is 5.34. The molecule has 1 atom stereocenters. The van der Waals surface area contributed by atoms with E-state index in [9.17, 15) is 9.59 Å². The van der Waals surface area contributed by atoms with Crippen molar-refractivity contribution >= 4 is 34.9 Å². The minimum absolute atomic E-state index is 0.0691. The summed E-state index contributed by atoms with van der Waals surface area (Å²) >= 11 is 1.49. The predicted octanol–water partition coefficient (Wildman–Crippen LogP) is 4.04. The molecule has 0 radical (unpaired) electrons. The van der Waals surface area contributed by atoms with E-state index in [1.54, 1.807) is 31.3 Å². The first-order chi connectivity index (χ1) is 14.9. The number of anilines is 1. The lowest BCUT2D eigenvalue weighted by molar-refractivity contribution is -0.116. The molecule has 4 rings (SSSR count). The van der Waals surface area contributed by atoms with Crippen molar-refractivity contribution in [1.29, 1.82) is 0 Å². The summed E-state index contributed by atoms with van der Waals surface area (Å²) in [5, 5.41) is 2.90. The zero-order chi connectivity index (χ0) is 22.0. The third-order valence-electron chi connectivity index (χ3n) is 5.13. The first-order valence-corrected chi connectivity index (χ1v) is 10.8. The highest BCUT2D eigenvalue weighted by atomic mass is 32.1. The number of rotatable bonds is 6. The Morgan fingerprint density at radius 3 is 2.81 bits per heavy atom. The lowest BCUT2D eigenvalue weighted by atomic mass is 9.99. The van der Waals surface area contributed by atoms with Gasteiger partial charge in [-0.3, -0.25) is 9.59 Å². The Hall–Kier alpha value is -3.45. The van der Waals surface area contributed by atoms with Gasteiger partial charge in [0.15, 0.2) is 5.78 Å². The molecule has 3 heterocycles. The number of nitrogens with one attached hydrogen (secondary N) is 1. The number of ether oxygens (including phenoxy) is 1. The molecule has 158 valence electrons. The van der Waals surface area contributed by atoms with Crippen molar-refractivity contribution in [2.45, 2.75) is 26.4 Å². The van der Waals surface area contributed by atoms with E-state index < -0.39 is 0 Å². The SMILES string of the molecule is CC(=O)c1ccc(-c2ccc(C)c3c2CC(CNC(=O)/C=C/c2ccc(N)nc2)O3)s1. The molecule has 0 saturated carbocycles. The molecule has 3 aromatic rings. The standard InChI is InChI=1S/C24H23N3O3S/c1-14-3-6-18(21-8-7-20(31-21)15(2)28)19-11-17(30-24(14)19)13-27-23(29)10-5-16-4-9-22(25)26-12-16/h3-10,12,17H,11,13H2,1-2H3,(H2,25,26)(H,27,29)/b10-5+. The Labute approximate surface area is 184 Å². The molecule has 0 aliphatic carbocycles. The number of thiophene rings is 1. The van der Waals surface area contributed by atoms with Crippen molar-refractivity contribution in [2.75, 3.05) is 12.3 Å². The highest BCUT2D eigenvalue weighted by molar-refractivity contribution is 7.17. The van der Waals surface area contributed by atoms with Crippen molar-refractivity contribution < 1.29 is 14.3 Å². The largest absolute Gasteiger partial charge is 0.488 e. The van der Waals surface area contributed by atoms with Crippen molar-refractivity contribution in [3.8, 4) is 16.2 Å². The van der Waals surface area contributed by atoms with Crippen LogP contribution in [0.3, 0.4) is 0 Å². The van der Waals surface area contributed by atoms with Gasteiger partial charge in [-0.1, -0.05) is 12.1 Å². The molecule has 1 aliphatic heterocycles. The van der Waals surface area contributed by atoms with Crippen molar-refractivity contribution in [3.05, 3.63) is 70.2 Å². The molecule has 1 aliphatic rings. The van der Waals surface area contributed by atoms with Crippen molar-refractivity contribution in [1.82, 2.24) is 10.3 Å². The maximum absolute atomic E-state index is 12.2. The third-order valence-corrected chi connectivity index (χ3v) is 6.35. The Morgan fingerprint density at radius 1 is 1.26 bits per heavy atom. The van der Waals surface area contributed by atoms with Gasteiger partial charge in [-0.2, -0.15) is 0 Å². The fraction of sp³-hybridized carbons (Fsp3) is 0.208. The Bertz CT molecular complexity index is 1170. The Morgan fingerprint density at radius 2 is 2.10 bits per heavy atom. The van der Waals surface area contributed by atoms with Crippen LogP contribution in [0.2, 0.25) is 0 Å². The van der Waals surface area contributed by atoms with Gasteiger partial charge >= 0.3 is 0 Å². The van der Waals surface area contributed by atoms with Crippen LogP contribution in [0.1, 0.15) is 33.3 Å². The molecule has 0 fully saturated rings. The minimum atomic E-state index is -0.197. The second-order valence-electron chi connectivity index (χ2n) is 7.50. The zero-order valence-electron chi connectivity index (χ0n) is 17.3. The molecular weight excluding hydrogens is 410 g/mol. The molecule has 3 N–H and O–H groups in total. The van der Waals surface area contributed by atoms with E-state index in [1.165, 1.54) is 17.4 Å². The summed E-state index contributed by atoms with van der Waals surface area (Å²) in [7, 11) is 0. The summed E-state index contributed by atoms with van der Waals surface area (Å²) in [5.74, 6) is 1.18. The predicted molar refractivity (Wildman–Crippen MR) is 123 cm³/mol. The lowest BCUT2D eigenvalue weighted by Gasteiger charge is -2.11. The fourth-order valence-corrected chi connectivity index (χ4v) is 4.48. The lowest BCUT2D eigenvalue weighted by Crippen LogP contribution is -2.33. The molecule has 1 amide bonds. The van der Waals surface area contributed by atoms with Crippen LogP contribution < -0.4 is 15.8 Å². The molecule has 2 aromatic heterocycles. The van der Waals surface area contributed by atoms with E-state index in [1.807, 2.05) is 25.1 Å². The van der Waals surface area contributed by atoms with E-state index in [0.29, 0.717) is 18.8 Å². The van der Waals surface area contributed by atoms with Gasteiger partial charge < -0.3 is 15.8 Å². The molecule has 0 spiro atoms. The van der Waals surface area contributed by atoms with Gasteiger partial charge in [-0.05, 0) is 60.9 Å². The normalized spacial score (nSPS) is 15.0. The summed E-state index contributed by atoms with van der Waals surface area (Å²) in [6, 6.07) is 11.5. The summed E-state index contributed by atoms with van der Waals surface area (Å²) < 4.78 is 6.16. The number of carbonyl (C=O) groups is 2. The number of fused-ring (bicyclic) bond motifs is 1. The van der Waals surface area contributed by atoms with E-state index in [0.717, 1.165) is 37.8 Å². The highest BCUT2D eigenvalue weighted by Gasteiger charge is 2.28. The van der Waals surface area contributed by atoms with Gasteiger partial charge in [0.25, 0.3) is 0 Å². The number of nitrogen functional groups attached to an aromatic ring is 1. The number of aryl methyl sites for hydroxylation is 1. The third kappa shape index (κ3) is 4.67. The average Bonchev–Trinajstić information content (AvgIpc) is 3.40. The van der Waals surface area contributed by atoms with Gasteiger partial charge in [0.1, 0.15) is 17.7 Å². The number of benzene rings is 1. The topological polar surface area (TPSA) is 94.3 Å². The molecule has 1 unspecified atom stereocenters. The second kappa shape index (κ2) is 8.73. The van der Waals surface area contributed by atoms with Crippen LogP contribution in [0.5, 0.6) is 5.75 Å². The molecular formula is C24H23N3O3S. The minimum Gasteiger partial charge on any atom is -0.488 e. The number of hydrogen-bond donors (Lipinski definition) is 2. The smallest absolute Gasteiger partial charge is 0.244 e. The molecule has 7 heteroatoms. The van der Waals surface area contributed by atoms with Gasteiger partial charge in [0.2, 0.25) is 5.91 Å². The van der Waals surface area contributed by atoms with E-state index in [4.69, 9.17) is 10.5 Å². The van der Waals surface area contributed by atoms with Crippen LogP contribution in [0.4, 0.5) is 5.82 Å². The number of nitrogens with two attached hydrogens (primary N) is 1. The fourth-order valence-electron chi connectivity index (χ4n) is 3.52. The molecule has 6 nitrogen and oxygen atoms in total. The van der Waals surface area contributed by atoms with E-state index >= 15 is 0 Å². The highest BCUT2D eigenvalue weighted by Crippen LogP contribution is 2.41. The maximum atomic E-state index is 12.2. The van der Waals surface area contributed by atoms with Crippen LogP contribution in [-0.4, -0.2) is 29.3 Å². The van der Waals surface area contributed by atoms with E-state index in [2.05, 4.69) is 16.4 Å². The number of pyridine rings is 1. The first-order valence-electron chi connectivity index (χ1n) is 9.98. The molecule has 0 bridgehead atoms. The van der Waals surface area contributed by atoms with Gasteiger partial charge in [0, 0.05) is 29.1 Å². The average molecular weight is 434 g/mol. The number of carbonyl (C=O) groups excluding carboxylic acids is 2. The summed E-state index contributed by atoms with van der Waals surface area (Å²) in [5.41, 5.74) is 9.64. The Balaban J connectivity index is 1.42. The number of amides is 1. The van der Waals surface area contributed by atoms with Crippen molar-refractivity contribution in [2.24, 2.45) is 0 Å². The monoisotopic (exact) mass is 433 g/mol. The second-order valence-corrected chi connectivity index (χ2v) is 8.58. The van der Waals surface area contributed by atoms with Crippen LogP contribution >= 0.6 is 11.3 Å². The maximum Gasteiger partial charge on any atom is 0.244 e. The van der Waals surface area contributed by atoms with E-state index in [-0.39, 0.29) is 17.8 Å². The zero-order valence-corrected chi connectivity index (χ0v) is 18.2. The van der Waals surface area contributed by atoms with Gasteiger partial charge in [-0.15, -0.1) is 11.3 Å². The van der Waals surface area contributed by atoms with Crippen molar-refractivity contribution in [3.63, 3.8) is 0 Å². The summed E-state index contributed by atoms with van der Waals surface area (Å²) in [4.78, 5) is 29.7.